The molecule has 2 atom stereocenters. The zero-order chi connectivity index (χ0) is 23.7. The summed E-state index contributed by atoms with van der Waals surface area (Å²) >= 11 is 0. The summed E-state index contributed by atoms with van der Waals surface area (Å²) in [6, 6.07) is 11.9. The Morgan fingerprint density at radius 2 is 1.72 bits per heavy atom. The van der Waals surface area contributed by atoms with Gasteiger partial charge in [-0.25, -0.2) is 8.42 Å². The third-order valence-electron chi connectivity index (χ3n) is 5.88. The zero-order valence-corrected chi connectivity index (χ0v) is 20.6. The van der Waals surface area contributed by atoms with Crippen LogP contribution >= 0.6 is 0 Å². The van der Waals surface area contributed by atoms with Gasteiger partial charge >= 0.3 is 0 Å². The number of anilines is 1. The number of ether oxygens (including phenoxy) is 1. The summed E-state index contributed by atoms with van der Waals surface area (Å²) in [7, 11) is -2.12. The van der Waals surface area contributed by atoms with Crippen molar-refractivity contribution in [3.05, 3.63) is 53.6 Å². The van der Waals surface area contributed by atoms with Gasteiger partial charge in [0.1, 0.15) is 5.75 Å². The first kappa shape index (κ1) is 24.3. The number of methoxy groups -OCH3 is 1. The maximum Gasteiger partial charge on any atom is 0.255 e. The van der Waals surface area contributed by atoms with Gasteiger partial charge in [-0.2, -0.15) is 4.31 Å². The Morgan fingerprint density at radius 1 is 1.06 bits per heavy atom. The molecule has 0 spiro atoms. The van der Waals surface area contributed by atoms with E-state index in [4.69, 9.17) is 4.74 Å². The molecular weight excluding hydrogens is 424 g/mol. The molecule has 1 saturated heterocycles. The van der Waals surface area contributed by atoms with Crippen molar-refractivity contribution in [2.24, 2.45) is 11.8 Å². The van der Waals surface area contributed by atoms with Crippen LogP contribution < -0.4 is 10.1 Å². The molecule has 2 aromatic rings. The van der Waals surface area contributed by atoms with Crippen LogP contribution in [0, 0.1) is 11.8 Å². The van der Waals surface area contributed by atoms with E-state index >= 15 is 0 Å². The monoisotopic (exact) mass is 458 g/mol. The molecule has 174 valence electrons. The minimum atomic E-state index is -3.67. The van der Waals surface area contributed by atoms with E-state index < -0.39 is 10.0 Å². The van der Waals surface area contributed by atoms with E-state index in [9.17, 15) is 13.2 Å². The standard InChI is InChI=1S/C25H34N2O4S/c1-17-12-18(2)16-27(15-17)32(29,30)21-9-7-8-19(13-21)24(28)26-22-14-20(25(3,4)5)10-11-23(22)31-6/h7-11,13-14,17-18H,12,15-16H2,1-6H3,(H,26,28). The minimum absolute atomic E-state index is 0.0948. The average molecular weight is 459 g/mol. The van der Waals surface area contributed by atoms with Crippen LogP contribution in [0.15, 0.2) is 47.4 Å². The molecule has 7 heteroatoms. The third-order valence-corrected chi connectivity index (χ3v) is 7.71. The van der Waals surface area contributed by atoms with Gasteiger partial charge in [-0.15, -0.1) is 0 Å². The van der Waals surface area contributed by atoms with Crippen molar-refractivity contribution in [2.75, 3.05) is 25.5 Å². The molecule has 1 amide bonds. The molecule has 0 saturated carbocycles. The molecule has 1 heterocycles. The lowest BCUT2D eigenvalue weighted by Crippen LogP contribution is -2.42. The van der Waals surface area contributed by atoms with Crippen LogP contribution in [-0.4, -0.2) is 38.8 Å². The molecule has 0 aliphatic carbocycles. The topological polar surface area (TPSA) is 75.7 Å². The summed E-state index contributed by atoms with van der Waals surface area (Å²) in [5.41, 5.74) is 1.80. The van der Waals surface area contributed by atoms with Crippen LogP contribution in [0.2, 0.25) is 0 Å². The quantitative estimate of drug-likeness (QED) is 0.691. The van der Waals surface area contributed by atoms with Crippen molar-refractivity contribution >= 4 is 21.6 Å². The number of sulfonamides is 1. The van der Waals surface area contributed by atoms with Crippen molar-refractivity contribution in [3.8, 4) is 5.75 Å². The maximum atomic E-state index is 13.2. The molecule has 1 aliphatic heterocycles. The highest BCUT2D eigenvalue weighted by Crippen LogP contribution is 2.32. The summed E-state index contributed by atoms with van der Waals surface area (Å²) in [5, 5.41) is 2.89. The molecule has 1 fully saturated rings. The van der Waals surface area contributed by atoms with Crippen LogP contribution in [0.5, 0.6) is 5.75 Å². The van der Waals surface area contributed by atoms with Gasteiger partial charge in [0.2, 0.25) is 10.0 Å². The summed E-state index contributed by atoms with van der Waals surface area (Å²) in [6.07, 6.45) is 1.02. The molecule has 1 N–H and O–H groups in total. The van der Waals surface area contributed by atoms with E-state index in [1.807, 2.05) is 18.2 Å². The number of amides is 1. The number of benzene rings is 2. The second kappa shape index (κ2) is 9.24. The molecule has 6 nitrogen and oxygen atoms in total. The van der Waals surface area contributed by atoms with Gasteiger partial charge in [0, 0.05) is 18.7 Å². The van der Waals surface area contributed by atoms with Crippen molar-refractivity contribution in [1.29, 1.82) is 0 Å². The van der Waals surface area contributed by atoms with Gasteiger partial charge < -0.3 is 10.1 Å². The number of rotatable bonds is 5. The van der Waals surface area contributed by atoms with Gasteiger partial charge in [-0.05, 0) is 59.6 Å². The summed E-state index contributed by atoms with van der Waals surface area (Å²) in [5.74, 6) is 0.781. The largest absolute Gasteiger partial charge is 0.495 e. The molecular formula is C25H34N2O4S. The fraction of sp³-hybridized carbons (Fsp3) is 0.480. The predicted molar refractivity (Wildman–Crippen MR) is 128 cm³/mol. The van der Waals surface area contributed by atoms with Gasteiger partial charge in [-0.1, -0.05) is 46.8 Å². The van der Waals surface area contributed by atoms with E-state index in [0.29, 0.717) is 36.4 Å². The van der Waals surface area contributed by atoms with E-state index in [1.54, 1.807) is 29.6 Å². The summed E-state index contributed by atoms with van der Waals surface area (Å²) in [4.78, 5) is 13.2. The molecule has 2 unspecified atom stereocenters. The Labute approximate surface area is 192 Å². The number of nitrogens with zero attached hydrogens (tertiary/aromatic N) is 1. The maximum absolute atomic E-state index is 13.2. The van der Waals surface area contributed by atoms with E-state index in [0.717, 1.165) is 12.0 Å². The first-order chi connectivity index (χ1) is 14.9. The number of piperidine rings is 1. The Bertz CT molecular complexity index is 1080. The van der Waals surface area contributed by atoms with Crippen molar-refractivity contribution < 1.29 is 17.9 Å². The highest BCUT2D eigenvalue weighted by atomic mass is 32.2. The van der Waals surface area contributed by atoms with Gasteiger partial charge in [0.15, 0.2) is 0 Å². The molecule has 3 rings (SSSR count). The van der Waals surface area contributed by atoms with Gasteiger partial charge in [0.05, 0.1) is 17.7 Å². The number of carbonyl (C=O) groups is 1. The lowest BCUT2D eigenvalue weighted by atomic mass is 9.87. The zero-order valence-electron chi connectivity index (χ0n) is 19.8. The SMILES string of the molecule is COc1ccc(C(C)(C)C)cc1NC(=O)c1cccc(S(=O)(=O)N2CC(C)CC(C)C2)c1. The van der Waals surface area contributed by atoms with Crippen LogP contribution in [0.1, 0.15) is 57.0 Å². The molecule has 32 heavy (non-hydrogen) atoms. The second-order valence-corrected chi connectivity index (χ2v) is 11.9. The molecule has 0 aromatic heterocycles. The van der Waals surface area contributed by atoms with E-state index in [-0.39, 0.29) is 21.8 Å². The summed E-state index contributed by atoms with van der Waals surface area (Å²) in [6.45, 7) is 11.4. The number of nitrogens with one attached hydrogen (secondary N) is 1. The molecule has 0 bridgehead atoms. The number of hydrogen-bond acceptors (Lipinski definition) is 4. The van der Waals surface area contributed by atoms with Crippen LogP contribution in [0.25, 0.3) is 0 Å². The first-order valence-electron chi connectivity index (χ1n) is 11.0. The predicted octanol–water partition coefficient (Wildman–Crippen LogP) is 4.91. The lowest BCUT2D eigenvalue weighted by Gasteiger charge is -2.34. The molecule has 0 radical (unpaired) electrons. The normalized spacial score (nSPS) is 20.1. The van der Waals surface area contributed by atoms with Crippen molar-refractivity contribution in [1.82, 2.24) is 4.31 Å². The Hall–Kier alpha value is -2.38. The second-order valence-electron chi connectivity index (χ2n) is 9.92. The van der Waals surface area contributed by atoms with Gasteiger partial charge in [-0.3, -0.25) is 4.79 Å². The lowest BCUT2D eigenvalue weighted by molar-refractivity contribution is 0.102. The smallest absolute Gasteiger partial charge is 0.255 e. The van der Waals surface area contributed by atoms with Crippen LogP contribution in [-0.2, 0) is 15.4 Å². The number of carbonyl (C=O) groups excluding carboxylic acids is 1. The summed E-state index contributed by atoms with van der Waals surface area (Å²) < 4.78 is 33.4. The Kier molecular flexibility index (Phi) is 7.00. The average Bonchev–Trinajstić information content (AvgIpc) is 2.72. The Balaban J connectivity index is 1.88. The minimum Gasteiger partial charge on any atom is -0.495 e. The van der Waals surface area contributed by atoms with Crippen LogP contribution in [0.3, 0.4) is 0 Å². The highest BCUT2D eigenvalue weighted by molar-refractivity contribution is 7.89. The first-order valence-corrected chi connectivity index (χ1v) is 12.5. The highest BCUT2D eigenvalue weighted by Gasteiger charge is 2.32. The Morgan fingerprint density at radius 3 is 2.31 bits per heavy atom. The fourth-order valence-corrected chi connectivity index (χ4v) is 5.94. The third kappa shape index (κ3) is 5.33. The fourth-order valence-electron chi connectivity index (χ4n) is 4.22. The molecule has 2 aromatic carbocycles. The molecule has 1 aliphatic rings. The van der Waals surface area contributed by atoms with Crippen molar-refractivity contribution in [3.63, 3.8) is 0 Å². The van der Waals surface area contributed by atoms with Crippen LogP contribution in [0.4, 0.5) is 5.69 Å². The van der Waals surface area contributed by atoms with E-state index in [2.05, 4.69) is 39.9 Å². The number of hydrogen-bond donors (Lipinski definition) is 1. The van der Waals surface area contributed by atoms with E-state index in [1.165, 1.54) is 6.07 Å². The van der Waals surface area contributed by atoms with Crippen molar-refractivity contribution in [2.45, 2.75) is 51.3 Å². The van der Waals surface area contributed by atoms with Gasteiger partial charge in [0.25, 0.3) is 5.91 Å².